The lowest BCUT2D eigenvalue weighted by Gasteiger charge is -2.28. The Bertz CT molecular complexity index is 156. The van der Waals surface area contributed by atoms with E-state index in [0.717, 1.165) is 19.3 Å². The first-order valence-corrected chi connectivity index (χ1v) is 4.87. The largest absolute Gasteiger partial charge is 0.434 e. The summed E-state index contributed by atoms with van der Waals surface area (Å²) in [7, 11) is 0. The highest BCUT2D eigenvalue weighted by atomic mass is 16.7. The van der Waals surface area contributed by atoms with Crippen LogP contribution < -0.4 is 0 Å². The molecule has 0 fully saturated rings. The highest BCUT2D eigenvalue weighted by Gasteiger charge is 2.26. The van der Waals surface area contributed by atoms with E-state index in [2.05, 4.69) is 6.92 Å². The molecule has 3 nitrogen and oxygen atoms in total. The summed E-state index contributed by atoms with van der Waals surface area (Å²) in [6.07, 6.45) is 2.84. The zero-order chi connectivity index (χ0) is 10.3. The Labute approximate surface area is 80.4 Å². The minimum absolute atomic E-state index is 0.285. The van der Waals surface area contributed by atoms with Crippen LogP contribution in [0, 0.1) is 0 Å². The minimum Gasteiger partial charge on any atom is -0.434 e. The van der Waals surface area contributed by atoms with Gasteiger partial charge in [-0.05, 0) is 13.3 Å². The maximum atomic E-state index is 10.8. The van der Waals surface area contributed by atoms with Crippen molar-refractivity contribution in [3.05, 3.63) is 0 Å². The smallest absolute Gasteiger partial charge is 0.305 e. The molecule has 0 aromatic rings. The quantitative estimate of drug-likeness (QED) is 0.474. The number of unbranched alkanes of at least 4 members (excludes halogenated alkanes) is 1. The molecule has 0 rings (SSSR count). The highest BCUT2D eigenvalue weighted by molar-refractivity contribution is 5.66. The van der Waals surface area contributed by atoms with Gasteiger partial charge in [-0.3, -0.25) is 4.79 Å². The molecule has 0 aromatic heterocycles. The Morgan fingerprint density at radius 1 is 1.38 bits per heavy atom. The predicted octanol–water partition coefficient (Wildman–Crippen LogP) is 2.49. The average Bonchev–Trinajstić information content (AvgIpc) is 2.00. The van der Waals surface area contributed by atoms with Gasteiger partial charge in [0.1, 0.15) is 0 Å². The molecular formula is C10H20O3. The van der Waals surface area contributed by atoms with Crippen molar-refractivity contribution in [2.45, 2.75) is 52.7 Å². The lowest BCUT2D eigenvalue weighted by atomic mass is 10.1. The second-order valence-electron chi connectivity index (χ2n) is 3.26. The van der Waals surface area contributed by atoms with E-state index < -0.39 is 5.79 Å². The highest BCUT2D eigenvalue weighted by Crippen LogP contribution is 2.20. The first kappa shape index (κ1) is 12.4. The molecule has 0 saturated carbocycles. The van der Waals surface area contributed by atoms with Crippen molar-refractivity contribution >= 4 is 5.97 Å². The maximum absolute atomic E-state index is 10.8. The standard InChI is InChI=1S/C10H20O3/c1-5-7-8-10(4,12-6-2)13-9(3)11/h5-8H2,1-4H3. The van der Waals surface area contributed by atoms with E-state index in [1.54, 1.807) is 0 Å². The van der Waals surface area contributed by atoms with Crippen LogP contribution in [0.1, 0.15) is 47.0 Å². The number of ether oxygens (including phenoxy) is 2. The van der Waals surface area contributed by atoms with Gasteiger partial charge in [-0.2, -0.15) is 0 Å². The van der Waals surface area contributed by atoms with Crippen LogP contribution in [-0.2, 0) is 14.3 Å². The van der Waals surface area contributed by atoms with E-state index in [-0.39, 0.29) is 5.97 Å². The zero-order valence-corrected chi connectivity index (χ0v) is 9.05. The van der Waals surface area contributed by atoms with Gasteiger partial charge in [-0.1, -0.05) is 13.3 Å². The summed E-state index contributed by atoms with van der Waals surface area (Å²) in [6, 6.07) is 0. The van der Waals surface area contributed by atoms with Crippen molar-refractivity contribution in [1.82, 2.24) is 0 Å². The Kier molecular flexibility index (Phi) is 5.71. The first-order valence-electron chi connectivity index (χ1n) is 4.87. The van der Waals surface area contributed by atoms with Gasteiger partial charge in [0, 0.05) is 26.9 Å². The molecule has 0 bridgehead atoms. The number of carbonyl (C=O) groups is 1. The van der Waals surface area contributed by atoms with Gasteiger partial charge in [-0.25, -0.2) is 0 Å². The monoisotopic (exact) mass is 188 g/mol. The van der Waals surface area contributed by atoms with E-state index in [4.69, 9.17) is 9.47 Å². The second-order valence-corrected chi connectivity index (χ2v) is 3.26. The Morgan fingerprint density at radius 3 is 2.38 bits per heavy atom. The van der Waals surface area contributed by atoms with Crippen LogP contribution in [0.3, 0.4) is 0 Å². The lowest BCUT2D eigenvalue weighted by Crippen LogP contribution is -2.34. The molecule has 1 atom stereocenters. The van der Waals surface area contributed by atoms with Crippen LogP contribution in [-0.4, -0.2) is 18.4 Å². The van der Waals surface area contributed by atoms with Crippen LogP contribution in [0.15, 0.2) is 0 Å². The third kappa shape index (κ3) is 5.64. The molecule has 1 unspecified atom stereocenters. The van der Waals surface area contributed by atoms with E-state index in [0.29, 0.717) is 6.61 Å². The summed E-state index contributed by atoms with van der Waals surface area (Å²) in [6.45, 7) is 7.78. The van der Waals surface area contributed by atoms with Crippen molar-refractivity contribution in [3.8, 4) is 0 Å². The molecule has 0 saturated heterocycles. The van der Waals surface area contributed by atoms with Crippen LogP contribution in [0.4, 0.5) is 0 Å². The Hall–Kier alpha value is -0.570. The van der Waals surface area contributed by atoms with Crippen molar-refractivity contribution in [2.75, 3.05) is 6.61 Å². The van der Waals surface area contributed by atoms with E-state index >= 15 is 0 Å². The molecule has 0 aliphatic heterocycles. The number of carbonyl (C=O) groups excluding carboxylic acids is 1. The Morgan fingerprint density at radius 2 is 2.00 bits per heavy atom. The zero-order valence-electron chi connectivity index (χ0n) is 9.05. The third-order valence-electron chi connectivity index (χ3n) is 1.79. The van der Waals surface area contributed by atoms with Gasteiger partial charge in [0.15, 0.2) is 0 Å². The summed E-state index contributed by atoms with van der Waals surface area (Å²) in [5.74, 6) is -1.01. The fraction of sp³-hybridized carbons (Fsp3) is 0.900. The molecule has 0 N–H and O–H groups in total. The molecule has 0 heterocycles. The van der Waals surface area contributed by atoms with Gasteiger partial charge in [0.05, 0.1) is 0 Å². The summed E-state index contributed by atoms with van der Waals surface area (Å²) < 4.78 is 10.5. The summed E-state index contributed by atoms with van der Waals surface area (Å²) in [4.78, 5) is 10.8. The molecule has 0 amide bonds. The lowest BCUT2D eigenvalue weighted by molar-refractivity contribution is -0.223. The van der Waals surface area contributed by atoms with Crippen molar-refractivity contribution < 1.29 is 14.3 Å². The summed E-state index contributed by atoms with van der Waals surface area (Å²) >= 11 is 0. The van der Waals surface area contributed by atoms with Crippen LogP contribution in [0.2, 0.25) is 0 Å². The van der Waals surface area contributed by atoms with Gasteiger partial charge < -0.3 is 9.47 Å². The molecule has 3 heteroatoms. The molecule has 0 radical (unpaired) electrons. The van der Waals surface area contributed by atoms with Gasteiger partial charge in [0.25, 0.3) is 0 Å². The van der Waals surface area contributed by atoms with E-state index in [9.17, 15) is 4.79 Å². The van der Waals surface area contributed by atoms with Gasteiger partial charge >= 0.3 is 5.97 Å². The molecular weight excluding hydrogens is 168 g/mol. The normalized spacial score (nSPS) is 15.1. The fourth-order valence-electron chi connectivity index (χ4n) is 1.26. The maximum Gasteiger partial charge on any atom is 0.305 e. The average molecular weight is 188 g/mol. The topological polar surface area (TPSA) is 35.5 Å². The SMILES string of the molecule is CCCCC(C)(OCC)OC(C)=O. The number of rotatable bonds is 6. The Balaban J connectivity index is 4.06. The first-order chi connectivity index (χ1) is 6.04. The van der Waals surface area contributed by atoms with E-state index in [1.807, 2.05) is 13.8 Å². The van der Waals surface area contributed by atoms with Crippen LogP contribution in [0.25, 0.3) is 0 Å². The van der Waals surface area contributed by atoms with Crippen LogP contribution in [0.5, 0.6) is 0 Å². The van der Waals surface area contributed by atoms with Crippen molar-refractivity contribution in [2.24, 2.45) is 0 Å². The van der Waals surface area contributed by atoms with Crippen molar-refractivity contribution in [3.63, 3.8) is 0 Å². The number of hydrogen-bond donors (Lipinski definition) is 0. The number of hydrogen-bond acceptors (Lipinski definition) is 3. The fourth-order valence-corrected chi connectivity index (χ4v) is 1.26. The van der Waals surface area contributed by atoms with Crippen molar-refractivity contribution in [1.29, 1.82) is 0 Å². The van der Waals surface area contributed by atoms with Gasteiger partial charge in [-0.15, -0.1) is 0 Å². The second kappa shape index (κ2) is 5.97. The molecule has 0 aliphatic carbocycles. The molecule has 0 aliphatic rings. The van der Waals surface area contributed by atoms with Gasteiger partial charge in [0.2, 0.25) is 5.79 Å². The number of esters is 1. The van der Waals surface area contributed by atoms with E-state index in [1.165, 1.54) is 6.92 Å². The third-order valence-corrected chi connectivity index (χ3v) is 1.79. The van der Waals surface area contributed by atoms with Crippen LogP contribution >= 0.6 is 0 Å². The molecule has 13 heavy (non-hydrogen) atoms. The summed E-state index contributed by atoms with van der Waals surface area (Å²) in [5.41, 5.74) is 0. The summed E-state index contributed by atoms with van der Waals surface area (Å²) in [5, 5.41) is 0. The molecule has 0 spiro atoms. The molecule has 0 aromatic carbocycles. The predicted molar refractivity (Wildman–Crippen MR) is 51.3 cm³/mol. The molecule has 78 valence electrons. The minimum atomic E-state index is -0.726.